The van der Waals surface area contributed by atoms with Gasteiger partial charge in [0.15, 0.2) is 0 Å². The Morgan fingerprint density at radius 1 is 0.636 bits per heavy atom. The minimum atomic E-state index is -8.65. The van der Waals surface area contributed by atoms with Gasteiger partial charge in [-0.1, -0.05) is 22.6 Å². The van der Waals surface area contributed by atoms with Gasteiger partial charge in [-0.25, -0.2) is 0 Å². The summed E-state index contributed by atoms with van der Waals surface area (Å²) < 4.78 is 224. The largest absolute Gasteiger partial charge is 0.465 e. The lowest BCUT2D eigenvalue weighted by atomic mass is 9.88. The van der Waals surface area contributed by atoms with Gasteiger partial charge in [-0.3, -0.25) is 4.79 Å². The molecule has 33 heavy (non-hydrogen) atoms. The number of carbonyl (C=O) groups excluding carboxylic acids is 1. The fraction of sp³-hybridized carbons (Fsp3) is 0.923. The smallest absolute Gasteiger partial charge is 0.460 e. The molecule has 198 valence electrons. The normalized spacial score (nSPS) is 16.6. The Morgan fingerprint density at radius 2 is 0.939 bits per heavy atom. The van der Waals surface area contributed by atoms with Gasteiger partial charge in [-0.15, -0.1) is 0 Å². The number of hydrogen-bond donors (Lipinski definition) is 0. The van der Waals surface area contributed by atoms with E-state index in [2.05, 4.69) is 4.74 Å². The highest BCUT2D eigenvalue weighted by atomic mass is 127. The minimum absolute atomic E-state index is 0.643. The third-order valence-electron chi connectivity index (χ3n) is 3.73. The van der Waals surface area contributed by atoms with Crippen molar-refractivity contribution in [3.63, 3.8) is 0 Å². The quantitative estimate of drug-likeness (QED) is 0.114. The zero-order valence-electron chi connectivity index (χ0n) is 15.1. The van der Waals surface area contributed by atoms with Crippen molar-refractivity contribution < 1.29 is 84.2 Å². The first kappa shape index (κ1) is 32.0. The van der Waals surface area contributed by atoms with Crippen LogP contribution in [0.4, 0.5) is 74.6 Å². The Morgan fingerprint density at radius 3 is 1.24 bits per heavy atom. The van der Waals surface area contributed by atoms with E-state index in [0.717, 1.165) is 22.6 Å². The maximum absolute atomic E-state index is 13.6. The molecule has 0 aliphatic heterocycles. The molecule has 1 unspecified atom stereocenters. The van der Waals surface area contributed by atoms with Crippen LogP contribution in [0.2, 0.25) is 0 Å². The minimum Gasteiger partial charge on any atom is -0.465 e. The van der Waals surface area contributed by atoms with Crippen molar-refractivity contribution in [1.82, 2.24) is 0 Å². The van der Waals surface area contributed by atoms with Crippen molar-refractivity contribution in [2.24, 2.45) is 0 Å². The maximum Gasteiger partial charge on any atom is 0.460 e. The van der Waals surface area contributed by atoms with Crippen LogP contribution in [0.25, 0.3) is 0 Å². The Hall–Kier alpha value is -0.990. The lowest BCUT2D eigenvalue weighted by Crippen LogP contribution is -2.74. The zero-order valence-corrected chi connectivity index (χ0v) is 17.3. The molecule has 0 radical (unpaired) electrons. The number of ether oxygens (including phenoxy) is 1. The van der Waals surface area contributed by atoms with Crippen LogP contribution < -0.4 is 0 Å². The molecular weight excluding hydrogens is 638 g/mol. The van der Waals surface area contributed by atoms with Crippen LogP contribution in [-0.2, 0) is 9.53 Å². The van der Waals surface area contributed by atoms with Crippen molar-refractivity contribution in [3.8, 4) is 0 Å². The Labute approximate surface area is 184 Å². The molecule has 0 aliphatic rings. The van der Waals surface area contributed by atoms with E-state index in [1.165, 1.54) is 0 Å². The highest BCUT2D eigenvalue weighted by Crippen LogP contribution is 2.64. The number of halogens is 18. The molecule has 0 N–H and O–H groups in total. The second-order valence-corrected chi connectivity index (χ2v) is 8.01. The zero-order chi connectivity index (χ0) is 27.3. The number of alkyl halides is 18. The summed E-state index contributed by atoms with van der Waals surface area (Å²) in [6, 6.07) is 0. The summed E-state index contributed by atoms with van der Waals surface area (Å²) in [6.07, 6.45) is -10.4. The summed E-state index contributed by atoms with van der Waals surface area (Å²) in [5, 5.41) is 0. The molecule has 0 saturated heterocycles. The van der Waals surface area contributed by atoms with Crippen molar-refractivity contribution in [1.29, 1.82) is 0 Å². The van der Waals surface area contributed by atoms with Crippen LogP contribution >= 0.6 is 22.6 Å². The van der Waals surface area contributed by atoms with E-state index in [9.17, 15) is 79.4 Å². The van der Waals surface area contributed by atoms with Gasteiger partial charge >= 0.3 is 53.6 Å². The summed E-state index contributed by atoms with van der Waals surface area (Å²) in [4.78, 5) is 10.5. The van der Waals surface area contributed by atoms with E-state index in [1.54, 1.807) is 0 Å². The van der Waals surface area contributed by atoms with Crippen molar-refractivity contribution in [2.75, 3.05) is 6.61 Å². The molecule has 0 amide bonds. The molecule has 0 aromatic carbocycles. The number of carbonyl (C=O) groups is 1. The maximum atomic E-state index is 13.6. The third-order valence-corrected chi connectivity index (χ3v) is 4.53. The van der Waals surface area contributed by atoms with Gasteiger partial charge in [0.1, 0.15) is 6.61 Å². The fourth-order valence-electron chi connectivity index (χ4n) is 1.87. The van der Waals surface area contributed by atoms with Crippen molar-refractivity contribution in [2.45, 2.75) is 64.9 Å². The molecule has 0 aliphatic carbocycles. The molecule has 0 heterocycles. The standard InChI is InChI=1S/C13H8F17IO2/c1-4(32)33-3-5(31)2-6(14,15)7(16,17)8(18,19)9(20,21)10(22,23)11(24,25)12(26,27)13(28,29)30/h5H,2-3H2,1H3. The van der Waals surface area contributed by atoms with E-state index in [1.807, 2.05) is 0 Å². The predicted molar refractivity (Wildman–Crippen MR) is 79.7 cm³/mol. The summed E-state index contributed by atoms with van der Waals surface area (Å²) in [7, 11) is 0. The second kappa shape index (κ2) is 8.90. The van der Waals surface area contributed by atoms with Gasteiger partial charge in [-0.2, -0.15) is 74.6 Å². The van der Waals surface area contributed by atoms with Crippen LogP contribution in [0.5, 0.6) is 0 Å². The lowest BCUT2D eigenvalue weighted by Gasteiger charge is -2.43. The molecule has 0 bridgehead atoms. The second-order valence-electron chi connectivity index (χ2n) is 6.25. The molecule has 2 nitrogen and oxygen atoms in total. The molecule has 0 aromatic rings. The molecule has 0 aromatic heterocycles. The monoisotopic (exact) mass is 646 g/mol. The summed E-state index contributed by atoms with van der Waals surface area (Å²) in [5.41, 5.74) is 0. The Kier molecular flexibility index (Phi) is 8.64. The molecular formula is C13H8F17IO2. The summed E-state index contributed by atoms with van der Waals surface area (Å²) in [5.74, 6) is -57.7. The molecule has 0 rings (SSSR count). The molecule has 20 heteroatoms. The Balaban J connectivity index is 6.44. The molecule has 0 fully saturated rings. The van der Waals surface area contributed by atoms with E-state index < -0.39 is 70.6 Å². The van der Waals surface area contributed by atoms with E-state index in [4.69, 9.17) is 0 Å². The van der Waals surface area contributed by atoms with Crippen LogP contribution in [0, 0.1) is 0 Å². The van der Waals surface area contributed by atoms with Gasteiger partial charge in [0.25, 0.3) is 0 Å². The average Bonchev–Trinajstić information content (AvgIpc) is 2.57. The van der Waals surface area contributed by atoms with Crippen LogP contribution in [0.15, 0.2) is 0 Å². The molecule has 0 saturated carbocycles. The first-order valence-corrected chi connectivity index (χ1v) is 8.79. The van der Waals surface area contributed by atoms with Crippen LogP contribution in [0.3, 0.4) is 0 Å². The number of esters is 1. The van der Waals surface area contributed by atoms with Gasteiger partial charge in [0.05, 0.1) is 3.92 Å². The van der Waals surface area contributed by atoms with Crippen LogP contribution in [-0.4, -0.2) is 64.1 Å². The lowest BCUT2D eigenvalue weighted by molar-refractivity contribution is -0.461. The predicted octanol–water partition coefficient (Wildman–Crippen LogP) is 6.75. The van der Waals surface area contributed by atoms with E-state index in [-0.39, 0.29) is 0 Å². The van der Waals surface area contributed by atoms with Crippen molar-refractivity contribution in [3.05, 3.63) is 0 Å². The first-order valence-electron chi connectivity index (χ1n) is 7.55. The number of hydrogen-bond acceptors (Lipinski definition) is 2. The van der Waals surface area contributed by atoms with Gasteiger partial charge in [-0.05, 0) is 0 Å². The highest BCUT2D eigenvalue weighted by Gasteiger charge is 2.95. The summed E-state index contributed by atoms with van der Waals surface area (Å²) >= 11 is 0.722. The molecule has 0 spiro atoms. The average molecular weight is 646 g/mol. The SMILES string of the molecule is CC(=O)OCC(I)CC(F)(F)C(F)(F)C(F)(F)C(F)(F)C(F)(F)C(F)(F)C(F)(F)C(F)(F)F. The van der Waals surface area contributed by atoms with E-state index in [0.29, 0.717) is 6.92 Å². The van der Waals surface area contributed by atoms with E-state index >= 15 is 0 Å². The van der Waals surface area contributed by atoms with Gasteiger partial charge in [0.2, 0.25) is 0 Å². The van der Waals surface area contributed by atoms with Gasteiger partial charge in [0, 0.05) is 13.3 Å². The molecule has 1 atom stereocenters. The Bertz CT molecular complexity index is 714. The first-order chi connectivity index (χ1) is 14.1. The highest BCUT2D eigenvalue weighted by molar-refractivity contribution is 14.1. The third kappa shape index (κ3) is 5.03. The topological polar surface area (TPSA) is 26.3 Å². The fourth-order valence-corrected chi connectivity index (χ4v) is 2.60. The van der Waals surface area contributed by atoms with Crippen LogP contribution in [0.1, 0.15) is 13.3 Å². The summed E-state index contributed by atoms with van der Waals surface area (Å²) in [6.45, 7) is -0.612. The number of rotatable bonds is 10. The van der Waals surface area contributed by atoms with Gasteiger partial charge < -0.3 is 4.74 Å². The van der Waals surface area contributed by atoms with Crippen molar-refractivity contribution >= 4 is 28.6 Å².